The SMILES string of the molecule is CC[C@@H](NC(C)=O)c1nc2ccccc2n1Cc1ccc(Cl)c(Cl)c1. The van der Waals surface area contributed by atoms with Crippen LogP contribution < -0.4 is 5.32 Å². The number of nitrogens with one attached hydrogen (secondary N) is 1. The van der Waals surface area contributed by atoms with Gasteiger partial charge in [-0.15, -0.1) is 0 Å². The predicted molar refractivity (Wildman–Crippen MR) is 102 cm³/mol. The number of rotatable bonds is 5. The van der Waals surface area contributed by atoms with Crippen LogP contribution in [-0.4, -0.2) is 15.5 Å². The lowest BCUT2D eigenvalue weighted by atomic mass is 10.2. The molecular weight excluding hydrogens is 357 g/mol. The summed E-state index contributed by atoms with van der Waals surface area (Å²) >= 11 is 12.2. The van der Waals surface area contributed by atoms with Crippen LogP contribution in [0, 0.1) is 0 Å². The lowest BCUT2D eigenvalue weighted by molar-refractivity contribution is -0.119. The molecule has 3 aromatic rings. The number of hydrogen-bond acceptors (Lipinski definition) is 2. The molecule has 1 atom stereocenters. The van der Waals surface area contributed by atoms with E-state index in [9.17, 15) is 4.79 Å². The van der Waals surface area contributed by atoms with Crippen molar-refractivity contribution in [3.05, 3.63) is 63.9 Å². The second-order valence-corrected chi connectivity index (χ2v) is 6.77. The number of carbonyl (C=O) groups is 1. The largest absolute Gasteiger partial charge is 0.346 e. The molecule has 0 aliphatic carbocycles. The first-order valence-electron chi connectivity index (χ1n) is 8.15. The molecule has 1 N–H and O–H groups in total. The summed E-state index contributed by atoms with van der Waals surface area (Å²) in [6.45, 7) is 4.15. The highest BCUT2D eigenvalue weighted by atomic mass is 35.5. The maximum absolute atomic E-state index is 11.6. The molecular formula is C19H19Cl2N3O. The molecule has 1 aromatic heterocycles. The molecule has 0 saturated carbocycles. The van der Waals surface area contributed by atoms with Crippen molar-refractivity contribution >= 4 is 40.1 Å². The topological polar surface area (TPSA) is 46.9 Å². The molecule has 1 amide bonds. The summed E-state index contributed by atoms with van der Waals surface area (Å²) < 4.78 is 2.12. The number of amides is 1. The molecule has 4 nitrogen and oxygen atoms in total. The van der Waals surface area contributed by atoms with Gasteiger partial charge < -0.3 is 9.88 Å². The molecule has 0 radical (unpaired) electrons. The van der Waals surface area contributed by atoms with Gasteiger partial charge in [0.2, 0.25) is 5.91 Å². The Labute approximate surface area is 156 Å². The molecule has 25 heavy (non-hydrogen) atoms. The van der Waals surface area contributed by atoms with Crippen molar-refractivity contribution in [1.82, 2.24) is 14.9 Å². The van der Waals surface area contributed by atoms with Crippen molar-refractivity contribution in [3.63, 3.8) is 0 Å². The van der Waals surface area contributed by atoms with Gasteiger partial charge in [-0.05, 0) is 36.2 Å². The number of para-hydroxylation sites is 2. The van der Waals surface area contributed by atoms with Crippen LogP contribution in [0.5, 0.6) is 0 Å². The van der Waals surface area contributed by atoms with Crippen molar-refractivity contribution in [2.45, 2.75) is 32.9 Å². The number of imidazole rings is 1. The summed E-state index contributed by atoms with van der Waals surface area (Å²) in [5.74, 6) is 0.768. The maximum atomic E-state index is 11.6. The van der Waals surface area contributed by atoms with Crippen molar-refractivity contribution in [2.75, 3.05) is 0 Å². The molecule has 0 saturated heterocycles. The predicted octanol–water partition coefficient (Wildman–Crippen LogP) is 4.98. The van der Waals surface area contributed by atoms with Gasteiger partial charge in [0.15, 0.2) is 0 Å². The van der Waals surface area contributed by atoms with E-state index in [0.29, 0.717) is 16.6 Å². The van der Waals surface area contributed by atoms with Crippen molar-refractivity contribution in [3.8, 4) is 0 Å². The third kappa shape index (κ3) is 3.80. The summed E-state index contributed by atoms with van der Waals surface area (Å²) in [5, 5.41) is 4.04. The van der Waals surface area contributed by atoms with Gasteiger partial charge in [0.25, 0.3) is 0 Å². The van der Waals surface area contributed by atoms with Gasteiger partial charge in [-0.3, -0.25) is 4.79 Å². The van der Waals surface area contributed by atoms with Gasteiger partial charge >= 0.3 is 0 Å². The Hall–Kier alpha value is -2.04. The zero-order chi connectivity index (χ0) is 18.0. The van der Waals surface area contributed by atoms with Gasteiger partial charge in [0, 0.05) is 13.5 Å². The zero-order valence-corrected chi connectivity index (χ0v) is 15.6. The van der Waals surface area contributed by atoms with Crippen LogP contribution in [0.2, 0.25) is 10.0 Å². The van der Waals surface area contributed by atoms with Gasteiger partial charge in [-0.1, -0.05) is 48.3 Å². The van der Waals surface area contributed by atoms with Crippen molar-refractivity contribution in [1.29, 1.82) is 0 Å². The van der Waals surface area contributed by atoms with Gasteiger partial charge in [0.1, 0.15) is 5.82 Å². The third-order valence-electron chi connectivity index (χ3n) is 4.11. The number of benzene rings is 2. The molecule has 0 unspecified atom stereocenters. The first kappa shape index (κ1) is 17.8. The van der Waals surface area contributed by atoms with Crippen LogP contribution in [0.1, 0.15) is 37.7 Å². The van der Waals surface area contributed by atoms with Gasteiger partial charge in [-0.2, -0.15) is 0 Å². The second kappa shape index (κ2) is 7.46. The molecule has 0 aliphatic heterocycles. The van der Waals surface area contributed by atoms with Crippen LogP contribution in [-0.2, 0) is 11.3 Å². The quantitative estimate of drug-likeness (QED) is 0.683. The number of hydrogen-bond donors (Lipinski definition) is 1. The molecule has 0 bridgehead atoms. The Morgan fingerprint density at radius 1 is 1.20 bits per heavy atom. The fourth-order valence-electron chi connectivity index (χ4n) is 2.94. The molecule has 130 valence electrons. The average molecular weight is 376 g/mol. The molecule has 6 heteroatoms. The number of nitrogens with zero attached hydrogens (tertiary/aromatic N) is 2. The van der Waals surface area contributed by atoms with Crippen LogP contribution >= 0.6 is 23.2 Å². The number of halogens is 2. The Bertz CT molecular complexity index is 920. The highest BCUT2D eigenvalue weighted by Gasteiger charge is 2.20. The average Bonchev–Trinajstić information content (AvgIpc) is 2.94. The van der Waals surface area contributed by atoms with E-state index in [0.717, 1.165) is 28.8 Å². The van der Waals surface area contributed by atoms with E-state index in [1.54, 1.807) is 6.07 Å². The fourth-order valence-corrected chi connectivity index (χ4v) is 3.26. The Kier molecular flexibility index (Phi) is 5.30. The zero-order valence-electron chi connectivity index (χ0n) is 14.1. The molecule has 2 aromatic carbocycles. The summed E-state index contributed by atoms with van der Waals surface area (Å²) in [4.78, 5) is 16.3. The van der Waals surface area contributed by atoms with E-state index in [1.165, 1.54) is 6.92 Å². The summed E-state index contributed by atoms with van der Waals surface area (Å²) in [6, 6.07) is 13.4. The minimum atomic E-state index is -0.146. The van der Waals surface area contributed by atoms with E-state index in [2.05, 4.69) is 9.88 Å². The number of aromatic nitrogens is 2. The van der Waals surface area contributed by atoms with Crippen molar-refractivity contribution < 1.29 is 4.79 Å². The standard InChI is InChI=1S/C19H19Cl2N3O/c1-3-16(22-12(2)25)19-23-17-6-4-5-7-18(17)24(19)11-13-8-9-14(20)15(21)10-13/h4-10,16H,3,11H2,1-2H3,(H,22,25)/t16-/m1/s1. The lowest BCUT2D eigenvalue weighted by Gasteiger charge is -2.18. The summed E-state index contributed by atoms with van der Waals surface area (Å²) in [7, 11) is 0. The number of fused-ring (bicyclic) bond motifs is 1. The molecule has 1 heterocycles. The summed E-state index contributed by atoms with van der Waals surface area (Å²) in [6.07, 6.45) is 0.754. The molecule has 0 aliphatic rings. The second-order valence-electron chi connectivity index (χ2n) is 5.95. The number of carbonyl (C=O) groups excluding carboxylic acids is 1. The van der Waals surface area contributed by atoms with Crippen LogP contribution in [0.4, 0.5) is 0 Å². The first-order chi connectivity index (χ1) is 12.0. The minimum absolute atomic E-state index is 0.0695. The Balaban J connectivity index is 2.09. The van der Waals surface area contributed by atoms with E-state index >= 15 is 0 Å². The maximum Gasteiger partial charge on any atom is 0.217 e. The van der Waals surface area contributed by atoms with Crippen LogP contribution in [0.3, 0.4) is 0 Å². The third-order valence-corrected chi connectivity index (χ3v) is 4.85. The van der Waals surface area contributed by atoms with E-state index in [4.69, 9.17) is 28.2 Å². The molecule has 0 fully saturated rings. The fraction of sp³-hybridized carbons (Fsp3) is 0.263. The van der Waals surface area contributed by atoms with Crippen LogP contribution in [0.25, 0.3) is 11.0 Å². The van der Waals surface area contributed by atoms with Gasteiger partial charge in [0.05, 0.1) is 27.1 Å². The van der Waals surface area contributed by atoms with Gasteiger partial charge in [-0.25, -0.2) is 4.98 Å². The highest BCUT2D eigenvalue weighted by Crippen LogP contribution is 2.27. The normalized spacial score (nSPS) is 12.3. The lowest BCUT2D eigenvalue weighted by Crippen LogP contribution is -2.28. The Morgan fingerprint density at radius 3 is 2.64 bits per heavy atom. The van der Waals surface area contributed by atoms with E-state index in [1.807, 2.05) is 43.3 Å². The van der Waals surface area contributed by atoms with E-state index in [-0.39, 0.29) is 11.9 Å². The molecule has 3 rings (SSSR count). The highest BCUT2D eigenvalue weighted by molar-refractivity contribution is 6.42. The van der Waals surface area contributed by atoms with Crippen molar-refractivity contribution in [2.24, 2.45) is 0 Å². The first-order valence-corrected chi connectivity index (χ1v) is 8.91. The molecule has 0 spiro atoms. The monoisotopic (exact) mass is 375 g/mol. The summed E-state index contributed by atoms with van der Waals surface area (Å²) in [5.41, 5.74) is 2.95. The smallest absolute Gasteiger partial charge is 0.217 e. The Morgan fingerprint density at radius 2 is 1.96 bits per heavy atom. The van der Waals surface area contributed by atoms with Crippen LogP contribution in [0.15, 0.2) is 42.5 Å². The van der Waals surface area contributed by atoms with E-state index < -0.39 is 0 Å². The minimum Gasteiger partial charge on any atom is -0.346 e.